The van der Waals surface area contributed by atoms with E-state index < -0.39 is 11.7 Å². The van der Waals surface area contributed by atoms with E-state index in [1.54, 1.807) is 41.8 Å². The maximum absolute atomic E-state index is 13.8. The number of carbonyl (C=O) groups excluding carboxylic acids is 1. The van der Waals surface area contributed by atoms with Gasteiger partial charge in [-0.25, -0.2) is 13.8 Å². The third-order valence-electron chi connectivity index (χ3n) is 4.05. The minimum Gasteiger partial charge on any atom is -0.306 e. The zero-order chi connectivity index (χ0) is 18.3. The van der Waals surface area contributed by atoms with Crippen LogP contribution < -0.4 is 5.32 Å². The fourth-order valence-electron chi connectivity index (χ4n) is 2.63. The van der Waals surface area contributed by atoms with Gasteiger partial charge in [-0.2, -0.15) is 0 Å². The van der Waals surface area contributed by atoms with Gasteiger partial charge in [0.1, 0.15) is 23.1 Å². The summed E-state index contributed by atoms with van der Waals surface area (Å²) in [4.78, 5) is 17.8. The zero-order valence-electron chi connectivity index (χ0n) is 13.7. The Morgan fingerprint density at radius 3 is 2.65 bits per heavy atom. The summed E-state index contributed by atoms with van der Waals surface area (Å²) in [5, 5.41) is 4.65. The molecular weight excluding hydrogens is 356 g/mol. The van der Waals surface area contributed by atoms with Crippen LogP contribution in [-0.4, -0.2) is 15.3 Å². The van der Waals surface area contributed by atoms with E-state index in [0.717, 1.165) is 0 Å². The molecule has 0 unspecified atom stereocenters. The van der Waals surface area contributed by atoms with Crippen molar-refractivity contribution in [2.24, 2.45) is 0 Å². The monoisotopic (exact) mass is 369 g/mol. The van der Waals surface area contributed by atoms with Crippen molar-refractivity contribution in [1.29, 1.82) is 0 Å². The van der Waals surface area contributed by atoms with Crippen LogP contribution in [0.1, 0.15) is 15.9 Å². The van der Waals surface area contributed by atoms with Crippen molar-refractivity contribution in [3.8, 4) is 11.3 Å². The SMILES string of the molecule is Cc1ccc(C(=O)Nc2c(-c3ccc(F)cc3)nc3sccn23)cc1F. The number of halogens is 2. The lowest BCUT2D eigenvalue weighted by molar-refractivity contribution is 0.102. The van der Waals surface area contributed by atoms with Gasteiger partial charge in [0.15, 0.2) is 4.96 Å². The second-order valence-corrected chi connectivity index (χ2v) is 6.66. The summed E-state index contributed by atoms with van der Waals surface area (Å²) in [6.45, 7) is 1.63. The number of anilines is 1. The molecule has 7 heteroatoms. The molecule has 2 aromatic carbocycles. The molecule has 130 valence electrons. The van der Waals surface area contributed by atoms with E-state index in [-0.39, 0.29) is 11.4 Å². The van der Waals surface area contributed by atoms with Crippen LogP contribution in [0.25, 0.3) is 16.2 Å². The number of hydrogen-bond donors (Lipinski definition) is 1. The number of fused-ring (bicyclic) bond motifs is 1. The minimum atomic E-state index is -0.444. The molecule has 1 N–H and O–H groups in total. The molecule has 4 rings (SSSR count). The number of nitrogens with zero attached hydrogens (tertiary/aromatic N) is 2. The van der Waals surface area contributed by atoms with Crippen LogP contribution in [0, 0.1) is 18.6 Å². The van der Waals surface area contributed by atoms with Gasteiger partial charge in [-0.1, -0.05) is 6.07 Å². The largest absolute Gasteiger partial charge is 0.306 e. The van der Waals surface area contributed by atoms with Gasteiger partial charge in [0.25, 0.3) is 5.91 Å². The molecule has 2 heterocycles. The number of aryl methyl sites for hydroxylation is 1. The molecule has 0 radical (unpaired) electrons. The first-order valence-corrected chi connectivity index (χ1v) is 8.70. The maximum Gasteiger partial charge on any atom is 0.256 e. The summed E-state index contributed by atoms with van der Waals surface area (Å²) >= 11 is 1.41. The highest BCUT2D eigenvalue weighted by atomic mass is 32.1. The zero-order valence-corrected chi connectivity index (χ0v) is 14.5. The molecule has 0 fully saturated rings. The summed E-state index contributed by atoms with van der Waals surface area (Å²) < 4.78 is 28.7. The molecule has 0 spiro atoms. The van der Waals surface area contributed by atoms with Crippen molar-refractivity contribution in [1.82, 2.24) is 9.38 Å². The average Bonchev–Trinajstić information content (AvgIpc) is 3.21. The fraction of sp³-hybridized carbons (Fsp3) is 0.0526. The highest BCUT2D eigenvalue weighted by Gasteiger charge is 2.18. The van der Waals surface area contributed by atoms with E-state index in [4.69, 9.17) is 0 Å². The number of benzene rings is 2. The van der Waals surface area contributed by atoms with Crippen LogP contribution in [0.4, 0.5) is 14.6 Å². The summed E-state index contributed by atoms with van der Waals surface area (Å²) in [5.74, 6) is -0.778. The van der Waals surface area contributed by atoms with Gasteiger partial charge < -0.3 is 5.32 Å². The van der Waals surface area contributed by atoms with Crippen LogP contribution >= 0.6 is 11.3 Å². The molecule has 4 aromatic rings. The predicted octanol–water partition coefficient (Wildman–Crippen LogP) is 4.90. The van der Waals surface area contributed by atoms with E-state index in [9.17, 15) is 13.6 Å². The Balaban J connectivity index is 1.76. The second-order valence-electron chi connectivity index (χ2n) is 5.79. The van der Waals surface area contributed by atoms with Gasteiger partial charge in [-0.05, 0) is 48.9 Å². The molecule has 0 saturated carbocycles. The summed E-state index contributed by atoms with van der Waals surface area (Å²) in [7, 11) is 0. The normalized spacial score (nSPS) is 11.0. The second kappa shape index (κ2) is 6.34. The first-order chi connectivity index (χ1) is 12.5. The predicted molar refractivity (Wildman–Crippen MR) is 97.6 cm³/mol. The number of aromatic nitrogens is 2. The van der Waals surface area contributed by atoms with Crippen LogP contribution in [-0.2, 0) is 0 Å². The van der Waals surface area contributed by atoms with Crippen molar-refractivity contribution in [2.45, 2.75) is 6.92 Å². The lowest BCUT2D eigenvalue weighted by atomic mass is 10.1. The standard InChI is InChI=1S/C19H13F2N3OS/c1-11-2-3-13(10-15(11)21)18(25)23-17-16(12-4-6-14(20)7-5-12)22-19-24(17)8-9-26-19/h2-10H,1H3,(H,23,25). The molecule has 0 aliphatic carbocycles. The van der Waals surface area contributed by atoms with E-state index in [2.05, 4.69) is 10.3 Å². The number of nitrogens with one attached hydrogen (secondary N) is 1. The van der Waals surface area contributed by atoms with Crippen LogP contribution in [0.15, 0.2) is 54.0 Å². The molecule has 4 nitrogen and oxygen atoms in total. The molecule has 0 aliphatic rings. The summed E-state index contributed by atoms with van der Waals surface area (Å²) in [5.41, 5.74) is 1.88. The van der Waals surface area contributed by atoms with Gasteiger partial charge in [0.2, 0.25) is 0 Å². The highest BCUT2D eigenvalue weighted by Crippen LogP contribution is 2.31. The number of imidazole rings is 1. The van der Waals surface area contributed by atoms with Crippen molar-refractivity contribution >= 4 is 28.0 Å². The Bertz CT molecular complexity index is 1120. The number of hydrogen-bond acceptors (Lipinski definition) is 3. The van der Waals surface area contributed by atoms with Gasteiger partial charge >= 0.3 is 0 Å². The molecule has 2 aromatic heterocycles. The number of amides is 1. The number of thiazole rings is 1. The molecule has 26 heavy (non-hydrogen) atoms. The van der Waals surface area contributed by atoms with Crippen molar-refractivity contribution in [3.05, 3.63) is 76.8 Å². The Morgan fingerprint density at radius 2 is 1.92 bits per heavy atom. The van der Waals surface area contributed by atoms with Gasteiger partial charge in [-0.15, -0.1) is 11.3 Å². The van der Waals surface area contributed by atoms with E-state index in [1.807, 2.05) is 5.38 Å². The van der Waals surface area contributed by atoms with Crippen molar-refractivity contribution in [2.75, 3.05) is 5.32 Å². The Morgan fingerprint density at radius 1 is 1.15 bits per heavy atom. The van der Waals surface area contributed by atoms with Gasteiger partial charge in [-0.3, -0.25) is 9.20 Å². The molecule has 0 bridgehead atoms. The van der Waals surface area contributed by atoms with Crippen molar-refractivity contribution in [3.63, 3.8) is 0 Å². The molecule has 0 saturated heterocycles. The van der Waals surface area contributed by atoms with E-state index in [1.165, 1.54) is 29.5 Å². The van der Waals surface area contributed by atoms with E-state index >= 15 is 0 Å². The molecule has 1 amide bonds. The summed E-state index contributed by atoms with van der Waals surface area (Å²) in [6, 6.07) is 10.2. The first-order valence-electron chi connectivity index (χ1n) is 7.82. The molecule has 0 atom stereocenters. The van der Waals surface area contributed by atoms with Crippen LogP contribution in [0.3, 0.4) is 0 Å². The van der Waals surface area contributed by atoms with Gasteiger partial charge in [0.05, 0.1) is 0 Å². The highest BCUT2D eigenvalue weighted by molar-refractivity contribution is 7.15. The minimum absolute atomic E-state index is 0.211. The number of carbonyl (C=O) groups is 1. The fourth-order valence-corrected chi connectivity index (χ4v) is 3.34. The topological polar surface area (TPSA) is 46.4 Å². The number of rotatable bonds is 3. The Labute approximate surface area is 151 Å². The third kappa shape index (κ3) is 2.86. The third-order valence-corrected chi connectivity index (χ3v) is 4.80. The Kier molecular flexibility index (Phi) is 4.00. The van der Waals surface area contributed by atoms with Crippen LogP contribution in [0.2, 0.25) is 0 Å². The smallest absolute Gasteiger partial charge is 0.256 e. The molecular formula is C19H13F2N3OS. The lowest BCUT2D eigenvalue weighted by Gasteiger charge is -2.08. The first kappa shape index (κ1) is 16.4. The van der Waals surface area contributed by atoms with Crippen molar-refractivity contribution < 1.29 is 13.6 Å². The quantitative estimate of drug-likeness (QED) is 0.558. The van der Waals surface area contributed by atoms with Gasteiger partial charge in [0, 0.05) is 22.7 Å². The summed E-state index contributed by atoms with van der Waals surface area (Å²) in [6.07, 6.45) is 1.78. The molecule has 0 aliphatic heterocycles. The van der Waals surface area contributed by atoms with E-state index in [0.29, 0.717) is 27.6 Å². The maximum atomic E-state index is 13.8. The lowest BCUT2D eigenvalue weighted by Crippen LogP contribution is -2.14. The average molecular weight is 369 g/mol. The Hall–Kier alpha value is -3.06. The van der Waals surface area contributed by atoms with Crippen LogP contribution in [0.5, 0.6) is 0 Å².